The molecule has 0 atom stereocenters. The molecule has 0 aliphatic heterocycles. The van der Waals surface area contributed by atoms with Crippen LogP contribution in [0.5, 0.6) is 5.75 Å². The Hall–Kier alpha value is -3.33. The number of ether oxygens (including phenoxy) is 2. The first-order valence-electron chi connectivity index (χ1n) is 8.25. The van der Waals surface area contributed by atoms with Crippen LogP contribution in [0.3, 0.4) is 0 Å². The predicted molar refractivity (Wildman–Crippen MR) is 102 cm³/mol. The topological polar surface area (TPSA) is 104 Å². The Kier molecular flexibility index (Phi) is 6.64. The molecule has 0 aliphatic rings. The molecule has 0 aliphatic carbocycles. The number of anilines is 1. The van der Waals surface area contributed by atoms with Gasteiger partial charge in [-0.15, -0.1) is 10.2 Å². The van der Waals surface area contributed by atoms with Gasteiger partial charge in [0.25, 0.3) is 11.1 Å². The minimum Gasteiger partial charge on any atom is -0.484 e. The second-order valence-corrected chi connectivity index (χ2v) is 6.40. The molecule has 0 spiro atoms. The lowest BCUT2D eigenvalue weighted by atomic mass is 10.2. The standard InChI is InChI=1S/C19H17N3O5S/c1-25-18(24)13-7-9-14(10-8-13)20-16(23)12-28-19-22-21-17(27-19)11-26-15-5-3-2-4-6-15/h2-10H,11-12H2,1H3,(H,20,23). The molecule has 0 saturated heterocycles. The summed E-state index contributed by atoms with van der Waals surface area (Å²) in [4.78, 5) is 23.4. The minimum atomic E-state index is -0.433. The van der Waals surface area contributed by atoms with E-state index in [1.807, 2.05) is 30.3 Å². The molecule has 0 bridgehead atoms. The molecule has 1 N–H and O–H groups in total. The molecule has 0 unspecified atom stereocenters. The van der Waals surface area contributed by atoms with Gasteiger partial charge in [0, 0.05) is 5.69 Å². The number of carbonyl (C=O) groups is 2. The second kappa shape index (κ2) is 9.56. The van der Waals surface area contributed by atoms with Gasteiger partial charge in [0.1, 0.15) is 5.75 Å². The SMILES string of the molecule is COC(=O)c1ccc(NC(=O)CSc2nnc(COc3ccccc3)o2)cc1. The maximum absolute atomic E-state index is 12.0. The Balaban J connectivity index is 1.44. The summed E-state index contributed by atoms with van der Waals surface area (Å²) in [6.45, 7) is 0.149. The number of benzene rings is 2. The van der Waals surface area contributed by atoms with Crippen LogP contribution in [0.1, 0.15) is 16.2 Å². The van der Waals surface area contributed by atoms with Crippen molar-refractivity contribution in [3.63, 3.8) is 0 Å². The van der Waals surface area contributed by atoms with Crippen LogP contribution in [0, 0.1) is 0 Å². The van der Waals surface area contributed by atoms with E-state index < -0.39 is 5.97 Å². The lowest BCUT2D eigenvalue weighted by molar-refractivity contribution is -0.113. The van der Waals surface area contributed by atoms with E-state index in [1.54, 1.807) is 24.3 Å². The van der Waals surface area contributed by atoms with Gasteiger partial charge in [0.2, 0.25) is 5.91 Å². The van der Waals surface area contributed by atoms with Gasteiger partial charge in [0.05, 0.1) is 18.4 Å². The number of thioether (sulfide) groups is 1. The van der Waals surface area contributed by atoms with E-state index in [-0.39, 0.29) is 23.5 Å². The maximum atomic E-state index is 12.0. The lowest BCUT2D eigenvalue weighted by Crippen LogP contribution is -2.14. The van der Waals surface area contributed by atoms with Gasteiger partial charge in [-0.3, -0.25) is 4.79 Å². The first kappa shape index (κ1) is 19.4. The molecule has 1 heterocycles. The third kappa shape index (κ3) is 5.58. The molecule has 1 amide bonds. The van der Waals surface area contributed by atoms with E-state index in [2.05, 4.69) is 20.3 Å². The van der Waals surface area contributed by atoms with Crippen molar-refractivity contribution in [1.82, 2.24) is 10.2 Å². The third-order valence-corrected chi connectivity index (χ3v) is 4.29. The fraction of sp³-hybridized carbons (Fsp3) is 0.158. The molecule has 2 aromatic carbocycles. The van der Waals surface area contributed by atoms with E-state index in [1.165, 1.54) is 7.11 Å². The van der Waals surface area contributed by atoms with Gasteiger partial charge in [0.15, 0.2) is 6.61 Å². The summed E-state index contributed by atoms with van der Waals surface area (Å²) in [5.41, 5.74) is 0.978. The average molecular weight is 399 g/mol. The fourth-order valence-corrected chi connectivity index (χ4v) is 2.73. The first-order valence-corrected chi connectivity index (χ1v) is 9.24. The van der Waals surface area contributed by atoms with E-state index >= 15 is 0 Å². The van der Waals surface area contributed by atoms with Gasteiger partial charge < -0.3 is 19.2 Å². The summed E-state index contributed by atoms with van der Waals surface area (Å²) in [5, 5.41) is 10.8. The van der Waals surface area contributed by atoms with E-state index in [4.69, 9.17) is 9.15 Å². The number of esters is 1. The van der Waals surface area contributed by atoms with Crippen molar-refractivity contribution >= 4 is 29.3 Å². The molecule has 1 aromatic heterocycles. The zero-order valence-electron chi connectivity index (χ0n) is 15.0. The van der Waals surface area contributed by atoms with E-state index in [0.717, 1.165) is 11.8 Å². The summed E-state index contributed by atoms with van der Waals surface area (Å²) in [7, 11) is 1.31. The summed E-state index contributed by atoms with van der Waals surface area (Å²) in [5.74, 6) is 0.450. The Morgan fingerprint density at radius 2 is 1.82 bits per heavy atom. The predicted octanol–water partition coefficient (Wildman–Crippen LogP) is 3.17. The van der Waals surface area contributed by atoms with Gasteiger partial charge in [-0.05, 0) is 36.4 Å². The molecule has 8 nitrogen and oxygen atoms in total. The molecule has 3 rings (SSSR count). The summed E-state index contributed by atoms with van der Waals surface area (Å²) < 4.78 is 15.6. The number of hydrogen-bond donors (Lipinski definition) is 1. The maximum Gasteiger partial charge on any atom is 0.337 e. The highest BCUT2D eigenvalue weighted by Gasteiger charge is 2.11. The number of nitrogens with zero attached hydrogens (tertiary/aromatic N) is 2. The van der Waals surface area contributed by atoms with Gasteiger partial charge in [-0.25, -0.2) is 4.79 Å². The lowest BCUT2D eigenvalue weighted by Gasteiger charge is -2.05. The van der Waals surface area contributed by atoms with Crippen molar-refractivity contribution in [2.24, 2.45) is 0 Å². The van der Waals surface area contributed by atoms with Gasteiger partial charge in [-0.1, -0.05) is 30.0 Å². The monoisotopic (exact) mass is 399 g/mol. The smallest absolute Gasteiger partial charge is 0.337 e. The summed E-state index contributed by atoms with van der Waals surface area (Å²) in [6.07, 6.45) is 0. The third-order valence-electron chi connectivity index (χ3n) is 3.47. The molecule has 0 radical (unpaired) electrons. The quantitative estimate of drug-likeness (QED) is 0.455. The summed E-state index contributed by atoms with van der Waals surface area (Å²) in [6, 6.07) is 15.7. The zero-order chi connectivity index (χ0) is 19.8. The first-order chi connectivity index (χ1) is 13.6. The molecule has 28 heavy (non-hydrogen) atoms. The Morgan fingerprint density at radius 1 is 1.07 bits per heavy atom. The van der Waals surface area contributed by atoms with Gasteiger partial charge >= 0.3 is 5.97 Å². The van der Waals surface area contributed by atoms with Crippen molar-refractivity contribution < 1.29 is 23.5 Å². The molecular formula is C19H17N3O5S. The number of para-hydroxylation sites is 1. The van der Waals surface area contributed by atoms with Crippen LogP contribution in [0.4, 0.5) is 5.69 Å². The summed E-state index contributed by atoms with van der Waals surface area (Å²) >= 11 is 1.12. The molecule has 9 heteroatoms. The normalized spacial score (nSPS) is 10.3. The van der Waals surface area contributed by atoms with Crippen LogP contribution < -0.4 is 10.1 Å². The zero-order valence-corrected chi connectivity index (χ0v) is 15.8. The van der Waals surface area contributed by atoms with Crippen LogP contribution in [0.25, 0.3) is 0 Å². The largest absolute Gasteiger partial charge is 0.484 e. The molecular weight excluding hydrogens is 382 g/mol. The van der Waals surface area contributed by atoms with Crippen molar-refractivity contribution in [3.05, 3.63) is 66.1 Å². The van der Waals surface area contributed by atoms with Crippen LogP contribution in [-0.4, -0.2) is 34.9 Å². The second-order valence-electron chi connectivity index (χ2n) is 5.47. The Labute approximate surface area is 165 Å². The molecule has 0 fully saturated rings. The average Bonchev–Trinajstić information content (AvgIpc) is 3.19. The van der Waals surface area contributed by atoms with Crippen LogP contribution in [-0.2, 0) is 16.1 Å². The van der Waals surface area contributed by atoms with Crippen molar-refractivity contribution in [2.45, 2.75) is 11.8 Å². The highest BCUT2D eigenvalue weighted by atomic mass is 32.2. The Morgan fingerprint density at radius 3 is 2.54 bits per heavy atom. The van der Waals surface area contributed by atoms with Gasteiger partial charge in [-0.2, -0.15) is 0 Å². The van der Waals surface area contributed by atoms with E-state index in [9.17, 15) is 9.59 Å². The number of amides is 1. The Bertz CT molecular complexity index is 928. The van der Waals surface area contributed by atoms with Crippen molar-refractivity contribution in [1.29, 1.82) is 0 Å². The number of carbonyl (C=O) groups excluding carboxylic acids is 2. The number of methoxy groups -OCH3 is 1. The van der Waals surface area contributed by atoms with E-state index in [0.29, 0.717) is 22.9 Å². The van der Waals surface area contributed by atoms with Crippen LogP contribution in [0.2, 0.25) is 0 Å². The highest BCUT2D eigenvalue weighted by Crippen LogP contribution is 2.18. The number of rotatable bonds is 8. The van der Waals surface area contributed by atoms with Crippen LogP contribution >= 0.6 is 11.8 Å². The molecule has 3 aromatic rings. The highest BCUT2D eigenvalue weighted by molar-refractivity contribution is 7.99. The van der Waals surface area contributed by atoms with Crippen LogP contribution in [0.15, 0.2) is 64.2 Å². The minimum absolute atomic E-state index is 0.0972. The number of hydrogen-bond acceptors (Lipinski definition) is 8. The number of nitrogens with one attached hydrogen (secondary N) is 1. The molecule has 0 saturated carbocycles. The van der Waals surface area contributed by atoms with Crippen molar-refractivity contribution in [3.8, 4) is 5.75 Å². The number of aromatic nitrogens is 2. The fourth-order valence-electron chi connectivity index (χ4n) is 2.15. The van der Waals surface area contributed by atoms with Crippen molar-refractivity contribution in [2.75, 3.05) is 18.2 Å². The molecule has 144 valence electrons.